The number of unbranched alkanes of at least 4 members (excludes halogenated alkanes) is 1. The summed E-state index contributed by atoms with van der Waals surface area (Å²) < 4.78 is 9.12. The Morgan fingerprint density at radius 3 is 2.19 bits per heavy atom. The summed E-state index contributed by atoms with van der Waals surface area (Å²) in [6.45, 7) is 2.96. The Hall–Kier alpha value is 0.862. The average molecular weight is 321 g/mol. The van der Waals surface area contributed by atoms with Gasteiger partial charge in [-0.1, -0.05) is 24.9 Å². The van der Waals surface area contributed by atoms with Gasteiger partial charge in [-0.2, -0.15) is 4.99 Å². The maximum absolute atomic E-state index is 8.78. The van der Waals surface area contributed by atoms with Crippen molar-refractivity contribution in [3.8, 4) is 0 Å². The molecule has 0 saturated heterocycles. The maximum atomic E-state index is 8.78. The molecule has 8 heteroatoms. The molecule has 0 amide bonds. The van der Waals surface area contributed by atoms with Crippen molar-refractivity contribution in [2.45, 2.75) is 19.8 Å². The van der Waals surface area contributed by atoms with Gasteiger partial charge in [0.1, 0.15) is 0 Å². The van der Waals surface area contributed by atoms with Crippen LogP contribution in [0.15, 0.2) is 15.3 Å². The van der Waals surface area contributed by atoms with Gasteiger partial charge < -0.3 is 0 Å². The topological polar surface area (TPSA) is 29.4 Å². The summed E-state index contributed by atoms with van der Waals surface area (Å²) in [5.74, 6) is 0. The predicted molar refractivity (Wildman–Crippen MR) is 70.3 cm³/mol. The van der Waals surface area contributed by atoms with Crippen molar-refractivity contribution in [3.05, 3.63) is 10.3 Å². The van der Waals surface area contributed by atoms with Crippen molar-refractivity contribution in [1.29, 1.82) is 0 Å². The molecule has 0 aromatic heterocycles. The fraction of sp³-hybridized carbons (Fsp3) is 0.625. The van der Waals surface area contributed by atoms with Crippen LogP contribution >= 0.6 is 44.9 Å². The molecule has 0 N–H and O–H groups in total. The van der Waals surface area contributed by atoms with Gasteiger partial charge in [0.2, 0.25) is 10.3 Å². The second kappa shape index (κ2) is 8.05. The van der Waals surface area contributed by atoms with Crippen molar-refractivity contribution in [2.75, 3.05) is 13.6 Å². The van der Waals surface area contributed by atoms with E-state index in [0.29, 0.717) is 20.1 Å². The molecule has 90 valence electrons. The van der Waals surface area contributed by atoms with Crippen LogP contribution < -0.4 is 0 Å². The molecule has 0 bridgehead atoms. The van der Waals surface area contributed by atoms with Crippen molar-refractivity contribution in [2.24, 2.45) is 4.99 Å². The van der Waals surface area contributed by atoms with Crippen molar-refractivity contribution in [3.63, 3.8) is 0 Å². The SMILES string of the molecule is CCCC[N+]1(C)C(Cl)=NC(Cl)=C1Cl.[O]=[Al][Cl]. The minimum absolute atomic E-state index is 0.310. The van der Waals surface area contributed by atoms with Crippen LogP contribution in [-0.4, -0.2) is 37.6 Å². The van der Waals surface area contributed by atoms with E-state index in [2.05, 4.69) is 22.0 Å². The molecule has 1 heterocycles. The second-order valence-corrected chi connectivity index (χ2v) is 5.09. The number of quaternary nitrogens is 1. The molecule has 16 heavy (non-hydrogen) atoms. The standard InChI is InChI=1S/C8H12Cl3N2.Al.ClH.O/c1-3-4-5-13(2)7(10)6(9)12-8(13)11;;;/h3-5H2,1-2H3;;1H;/q2*+1;;/p-1. The third kappa shape index (κ3) is 4.27. The molecule has 1 aliphatic rings. The number of halogens is 4. The Morgan fingerprint density at radius 1 is 1.38 bits per heavy atom. The van der Waals surface area contributed by atoms with Gasteiger partial charge in [0.15, 0.2) is 0 Å². The quantitative estimate of drug-likeness (QED) is 0.443. The van der Waals surface area contributed by atoms with Crippen LogP contribution in [0.5, 0.6) is 0 Å². The molecule has 0 aliphatic carbocycles. The molecule has 1 atom stereocenters. The minimum atomic E-state index is -1.03. The van der Waals surface area contributed by atoms with Gasteiger partial charge >= 0.3 is 33.4 Å². The van der Waals surface area contributed by atoms with Crippen molar-refractivity contribution < 1.29 is 8.29 Å². The number of amidine groups is 1. The normalized spacial score (nSPS) is 23.5. The fourth-order valence-corrected chi connectivity index (χ4v) is 2.00. The number of nitrogens with zero attached hydrogens (tertiary/aromatic N) is 2. The molecule has 0 aromatic rings. The first-order chi connectivity index (χ1) is 7.43. The summed E-state index contributed by atoms with van der Waals surface area (Å²) in [6.07, 6.45) is 2.14. The molecule has 0 radical (unpaired) electrons. The number of aliphatic imine (C=N–C) groups is 1. The summed E-state index contributed by atoms with van der Waals surface area (Å²) in [5.41, 5.74) is 0. The van der Waals surface area contributed by atoms with Gasteiger partial charge in [-0.25, -0.2) is 4.48 Å². The molecule has 1 unspecified atom stereocenters. The molecule has 0 spiro atoms. The van der Waals surface area contributed by atoms with Crippen LogP contribution in [0.3, 0.4) is 0 Å². The van der Waals surface area contributed by atoms with Gasteiger partial charge in [0, 0.05) is 11.6 Å². The summed E-state index contributed by atoms with van der Waals surface area (Å²) in [7, 11) is 6.44. The van der Waals surface area contributed by atoms with Crippen LogP contribution in [0.1, 0.15) is 19.8 Å². The first-order valence-corrected chi connectivity index (χ1v) is 7.99. The summed E-state index contributed by atoms with van der Waals surface area (Å²) >= 11 is 16.7. The van der Waals surface area contributed by atoms with Crippen LogP contribution in [0.25, 0.3) is 0 Å². The Labute approximate surface area is 121 Å². The first-order valence-electron chi connectivity index (χ1n) is 4.64. The van der Waals surface area contributed by atoms with E-state index in [4.69, 9.17) is 38.6 Å². The molecule has 1 aliphatic heterocycles. The molecular weight excluding hydrogens is 309 g/mol. The van der Waals surface area contributed by atoms with Gasteiger partial charge in [-0.15, -0.1) is 0 Å². The number of hydrogen-bond acceptors (Lipinski definition) is 2. The van der Waals surface area contributed by atoms with E-state index in [1.807, 2.05) is 7.05 Å². The molecule has 3 nitrogen and oxygen atoms in total. The van der Waals surface area contributed by atoms with Crippen molar-refractivity contribution >= 4 is 64.4 Å². The van der Waals surface area contributed by atoms with E-state index < -0.39 is 14.2 Å². The van der Waals surface area contributed by atoms with Gasteiger partial charge in [-0.05, 0) is 18.0 Å². The van der Waals surface area contributed by atoms with Gasteiger partial charge in [0.05, 0.1) is 13.6 Å². The van der Waals surface area contributed by atoms with E-state index >= 15 is 0 Å². The average Bonchev–Trinajstić information content (AvgIpc) is 2.42. The van der Waals surface area contributed by atoms with Crippen LogP contribution in [0.4, 0.5) is 0 Å². The zero-order valence-electron chi connectivity index (χ0n) is 9.01. The third-order valence-corrected chi connectivity index (χ3v) is 3.53. The van der Waals surface area contributed by atoms with E-state index in [1.54, 1.807) is 0 Å². The van der Waals surface area contributed by atoms with E-state index in [1.165, 1.54) is 0 Å². The van der Waals surface area contributed by atoms with E-state index in [-0.39, 0.29) is 0 Å². The molecule has 0 fully saturated rings. The molecule has 1 rings (SSSR count). The summed E-state index contributed by atoms with van der Waals surface area (Å²) in [5, 5.41) is 1.27. The Morgan fingerprint density at radius 2 is 1.88 bits per heavy atom. The Kier molecular flexibility index (Phi) is 8.48. The summed E-state index contributed by atoms with van der Waals surface area (Å²) in [4.78, 5) is 3.94. The van der Waals surface area contributed by atoms with Gasteiger partial charge in [-0.3, -0.25) is 0 Å². The predicted octanol–water partition coefficient (Wildman–Crippen LogP) is 3.64. The fourth-order valence-electron chi connectivity index (χ4n) is 1.19. The van der Waals surface area contributed by atoms with Crippen LogP contribution in [0.2, 0.25) is 0 Å². The number of hydrogen-bond donors (Lipinski definition) is 0. The van der Waals surface area contributed by atoms with E-state index in [0.717, 1.165) is 19.4 Å². The zero-order chi connectivity index (χ0) is 12.8. The van der Waals surface area contributed by atoms with Crippen LogP contribution in [-0.2, 0) is 3.80 Å². The van der Waals surface area contributed by atoms with E-state index in [9.17, 15) is 0 Å². The second-order valence-electron chi connectivity index (χ2n) is 3.32. The van der Waals surface area contributed by atoms with Gasteiger partial charge in [0.25, 0.3) is 0 Å². The molecule has 0 saturated carbocycles. The summed E-state index contributed by atoms with van der Waals surface area (Å²) in [6, 6.07) is 0. The first kappa shape index (κ1) is 16.9. The van der Waals surface area contributed by atoms with Crippen molar-refractivity contribution in [1.82, 2.24) is 0 Å². The Balaban J connectivity index is 0.000000673. The molecular formula is C8H12AlCl4N2O+. The van der Waals surface area contributed by atoms with Crippen LogP contribution in [0, 0.1) is 0 Å². The zero-order valence-corrected chi connectivity index (χ0v) is 13.2. The third-order valence-electron chi connectivity index (χ3n) is 2.16. The molecule has 0 aromatic carbocycles. The number of rotatable bonds is 3. The Bertz CT molecular complexity index is 321. The monoisotopic (exact) mass is 319 g/mol.